The fourth-order valence-corrected chi connectivity index (χ4v) is 1.58. The van der Waals surface area contributed by atoms with Gasteiger partial charge in [0.1, 0.15) is 17.6 Å². The Morgan fingerprint density at radius 2 is 1.89 bits per heavy atom. The number of carbonyl (C=O) groups is 1. The van der Waals surface area contributed by atoms with Gasteiger partial charge in [-0.25, -0.2) is 0 Å². The number of nitrogens with zero attached hydrogens (tertiary/aromatic N) is 4. The molecule has 6 nitrogen and oxygen atoms in total. The van der Waals surface area contributed by atoms with Crippen LogP contribution in [0.25, 0.3) is 11.0 Å². The molecule has 0 aliphatic carbocycles. The molecule has 1 heterocycles. The number of amides is 1. The van der Waals surface area contributed by atoms with E-state index in [-0.39, 0.29) is 12.5 Å². The second kappa shape index (κ2) is 5.59. The third-order valence-corrected chi connectivity index (χ3v) is 2.49. The van der Waals surface area contributed by atoms with Crippen LogP contribution in [-0.2, 0) is 11.3 Å². The molecule has 0 saturated carbocycles. The summed E-state index contributed by atoms with van der Waals surface area (Å²) in [5.74, 6) is -0.0721. The molecular formula is C12H17N5O. The Kier molecular flexibility index (Phi) is 3.88. The molecule has 2 rings (SSSR count). The van der Waals surface area contributed by atoms with Crippen LogP contribution in [0.3, 0.4) is 0 Å². The van der Waals surface area contributed by atoms with Gasteiger partial charge in [-0.1, -0.05) is 12.1 Å². The zero-order valence-electron chi connectivity index (χ0n) is 10.6. The lowest BCUT2D eigenvalue weighted by Gasteiger charge is -2.09. The fourth-order valence-electron chi connectivity index (χ4n) is 1.58. The van der Waals surface area contributed by atoms with E-state index >= 15 is 0 Å². The first-order valence-corrected chi connectivity index (χ1v) is 5.86. The Morgan fingerprint density at radius 1 is 1.28 bits per heavy atom. The second-order valence-corrected chi connectivity index (χ2v) is 4.37. The summed E-state index contributed by atoms with van der Waals surface area (Å²) < 4.78 is 0. The Bertz CT molecular complexity index is 501. The minimum Gasteiger partial charge on any atom is -0.353 e. The molecular weight excluding hydrogens is 230 g/mol. The summed E-state index contributed by atoms with van der Waals surface area (Å²) in [5.41, 5.74) is 1.61. The number of carbonyl (C=O) groups excluding carboxylic acids is 1. The molecule has 0 aliphatic heterocycles. The molecule has 6 heteroatoms. The number of nitrogens with one attached hydrogen (secondary N) is 1. The highest BCUT2D eigenvalue weighted by Gasteiger charge is 2.06. The second-order valence-electron chi connectivity index (χ2n) is 4.37. The molecule has 0 bridgehead atoms. The largest absolute Gasteiger partial charge is 0.353 e. The minimum atomic E-state index is -0.0721. The third kappa shape index (κ3) is 3.27. The number of hydrogen-bond acceptors (Lipinski definition) is 4. The molecule has 1 N–H and O–H groups in total. The van der Waals surface area contributed by atoms with Gasteiger partial charge in [-0.15, -0.1) is 0 Å². The maximum atomic E-state index is 11.6. The maximum absolute atomic E-state index is 11.6. The molecule has 1 aromatic heterocycles. The molecule has 0 aliphatic rings. The SMILES string of the molecule is CN(C)CCNC(=O)Cn1nc2ccccc2n1. The lowest BCUT2D eigenvalue weighted by molar-refractivity contribution is -0.122. The van der Waals surface area contributed by atoms with Gasteiger partial charge in [-0.2, -0.15) is 15.0 Å². The molecule has 0 saturated heterocycles. The van der Waals surface area contributed by atoms with Crippen molar-refractivity contribution < 1.29 is 4.79 Å². The molecule has 0 fully saturated rings. The van der Waals surface area contributed by atoms with Gasteiger partial charge < -0.3 is 10.2 Å². The van der Waals surface area contributed by atoms with Crippen molar-refractivity contribution in [2.24, 2.45) is 0 Å². The number of fused-ring (bicyclic) bond motifs is 1. The monoisotopic (exact) mass is 247 g/mol. The van der Waals surface area contributed by atoms with Gasteiger partial charge >= 0.3 is 0 Å². The normalized spacial score (nSPS) is 11.1. The van der Waals surface area contributed by atoms with Crippen LogP contribution in [0.5, 0.6) is 0 Å². The van der Waals surface area contributed by atoms with E-state index in [0.29, 0.717) is 6.54 Å². The topological polar surface area (TPSA) is 63.1 Å². The molecule has 1 amide bonds. The Labute approximate surface area is 106 Å². The van der Waals surface area contributed by atoms with Crippen LogP contribution in [-0.4, -0.2) is 53.0 Å². The molecule has 96 valence electrons. The first-order valence-electron chi connectivity index (χ1n) is 5.86. The van der Waals surface area contributed by atoms with Crippen LogP contribution in [0.2, 0.25) is 0 Å². The average Bonchev–Trinajstić information content (AvgIpc) is 2.70. The number of benzene rings is 1. The number of hydrogen-bond donors (Lipinski definition) is 1. The molecule has 1 aromatic carbocycles. The van der Waals surface area contributed by atoms with E-state index in [4.69, 9.17) is 0 Å². The van der Waals surface area contributed by atoms with Gasteiger partial charge in [0.25, 0.3) is 0 Å². The fraction of sp³-hybridized carbons (Fsp3) is 0.417. The van der Waals surface area contributed by atoms with Crippen LogP contribution in [0.15, 0.2) is 24.3 Å². The summed E-state index contributed by atoms with van der Waals surface area (Å²) >= 11 is 0. The predicted molar refractivity (Wildman–Crippen MR) is 69.1 cm³/mol. The Hall–Kier alpha value is -1.95. The molecule has 0 spiro atoms. The van der Waals surface area contributed by atoms with Crippen molar-refractivity contribution in [3.8, 4) is 0 Å². The van der Waals surface area contributed by atoms with Crippen LogP contribution in [0, 0.1) is 0 Å². The molecule has 18 heavy (non-hydrogen) atoms. The maximum Gasteiger partial charge on any atom is 0.243 e. The minimum absolute atomic E-state index is 0.0721. The first-order chi connectivity index (χ1) is 8.65. The average molecular weight is 247 g/mol. The van der Waals surface area contributed by atoms with Crippen molar-refractivity contribution in [3.05, 3.63) is 24.3 Å². The summed E-state index contributed by atoms with van der Waals surface area (Å²) in [6, 6.07) is 7.56. The molecule has 0 atom stereocenters. The lowest BCUT2D eigenvalue weighted by Crippen LogP contribution is -2.34. The third-order valence-electron chi connectivity index (χ3n) is 2.49. The zero-order chi connectivity index (χ0) is 13.0. The number of aromatic nitrogens is 3. The van der Waals surface area contributed by atoms with Crippen molar-refractivity contribution in [2.45, 2.75) is 6.54 Å². The van der Waals surface area contributed by atoms with Gasteiger partial charge in [-0.05, 0) is 26.2 Å². The summed E-state index contributed by atoms with van der Waals surface area (Å²) in [6.07, 6.45) is 0. The van der Waals surface area contributed by atoms with Gasteiger partial charge in [0.15, 0.2) is 0 Å². The van der Waals surface area contributed by atoms with E-state index in [1.54, 1.807) is 0 Å². The molecule has 0 unspecified atom stereocenters. The standard InChI is InChI=1S/C12H17N5O/c1-16(2)8-7-13-12(18)9-17-14-10-5-3-4-6-11(10)15-17/h3-6H,7-9H2,1-2H3,(H,13,18). The quantitative estimate of drug-likeness (QED) is 0.814. The van der Waals surface area contributed by atoms with Crippen molar-refractivity contribution in [1.82, 2.24) is 25.2 Å². The smallest absolute Gasteiger partial charge is 0.243 e. The van der Waals surface area contributed by atoms with Crippen molar-refractivity contribution >= 4 is 16.9 Å². The van der Waals surface area contributed by atoms with Crippen molar-refractivity contribution in [3.63, 3.8) is 0 Å². The van der Waals surface area contributed by atoms with Crippen LogP contribution >= 0.6 is 0 Å². The summed E-state index contributed by atoms with van der Waals surface area (Å²) in [4.78, 5) is 15.1. The lowest BCUT2D eigenvalue weighted by atomic mass is 10.3. The Morgan fingerprint density at radius 3 is 2.44 bits per heavy atom. The van der Waals surface area contributed by atoms with Crippen molar-refractivity contribution in [1.29, 1.82) is 0 Å². The Balaban J connectivity index is 1.90. The predicted octanol–water partition coefficient (Wildman–Crippen LogP) is 0.109. The van der Waals surface area contributed by atoms with E-state index in [1.165, 1.54) is 4.80 Å². The van der Waals surface area contributed by atoms with E-state index in [1.807, 2.05) is 43.3 Å². The van der Waals surface area contributed by atoms with E-state index in [2.05, 4.69) is 15.5 Å². The zero-order valence-corrected chi connectivity index (χ0v) is 10.6. The van der Waals surface area contributed by atoms with Crippen LogP contribution in [0.1, 0.15) is 0 Å². The van der Waals surface area contributed by atoms with Gasteiger partial charge in [0.2, 0.25) is 5.91 Å². The number of likely N-dealkylation sites (N-methyl/N-ethyl adjacent to an activating group) is 1. The van der Waals surface area contributed by atoms with E-state index < -0.39 is 0 Å². The summed E-state index contributed by atoms with van der Waals surface area (Å²) in [5, 5.41) is 11.3. The van der Waals surface area contributed by atoms with Crippen molar-refractivity contribution in [2.75, 3.05) is 27.2 Å². The summed E-state index contributed by atoms with van der Waals surface area (Å²) in [7, 11) is 3.93. The highest BCUT2D eigenvalue weighted by Crippen LogP contribution is 2.06. The van der Waals surface area contributed by atoms with Crippen LogP contribution < -0.4 is 5.32 Å². The van der Waals surface area contributed by atoms with E-state index in [0.717, 1.165) is 17.6 Å². The van der Waals surface area contributed by atoms with Gasteiger partial charge in [0.05, 0.1) is 0 Å². The highest BCUT2D eigenvalue weighted by molar-refractivity contribution is 5.77. The summed E-state index contributed by atoms with van der Waals surface area (Å²) in [6.45, 7) is 1.61. The molecule has 2 aromatic rings. The van der Waals surface area contributed by atoms with Crippen LogP contribution in [0.4, 0.5) is 0 Å². The van der Waals surface area contributed by atoms with E-state index in [9.17, 15) is 4.79 Å². The molecule has 0 radical (unpaired) electrons. The number of rotatable bonds is 5. The van der Waals surface area contributed by atoms with Gasteiger partial charge in [0, 0.05) is 13.1 Å². The highest BCUT2D eigenvalue weighted by atomic mass is 16.2. The van der Waals surface area contributed by atoms with Gasteiger partial charge in [-0.3, -0.25) is 4.79 Å². The first kappa shape index (κ1) is 12.5.